The lowest BCUT2D eigenvalue weighted by molar-refractivity contribution is -0.126. The Balaban J connectivity index is 1.43. The SMILES string of the molecule is Cc1[nH]c2ccccc2c1C1CCN(C(C)C(=O)NC2CC2)CC1. The first kappa shape index (κ1) is 15.7. The standard InChI is InChI=1S/C20H27N3O/c1-13-19(17-5-3-4-6-18(17)21-13)15-9-11-23(12-10-15)14(2)20(24)22-16-7-8-16/h3-6,14-16,21H,7-12H2,1-2H3,(H,22,24). The Labute approximate surface area is 143 Å². The monoisotopic (exact) mass is 325 g/mol. The second-order valence-corrected chi connectivity index (χ2v) is 7.48. The van der Waals surface area contributed by atoms with Crippen molar-refractivity contribution < 1.29 is 4.79 Å². The number of hydrogen-bond donors (Lipinski definition) is 2. The number of aryl methyl sites for hydroxylation is 1. The molecular weight excluding hydrogens is 298 g/mol. The second-order valence-electron chi connectivity index (χ2n) is 7.48. The lowest BCUT2D eigenvalue weighted by Crippen LogP contribution is -2.48. The smallest absolute Gasteiger partial charge is 0.237 e. The molecule has 128 valence electrons. The summed E-state index contributed by atoms with van der Waals surface area (Å²) < 4.78 is 0. The average molecular weight is 325 g/mol. The molecule has 1 amide bonds. The number of piperidine rings is 1. The molecule has 4 heteroatoms. The Hall–Kier alpha value is -1.81. The molecule has 2 heterocycles. The summed E-state index contributed by atoms with van der Waals surface area (Å²) in [6.45, 7) is 6.24. The molecule has 1 aliphatic carbocycles. The van der Waals surface area contributed by atoms with E-state index in [1.165, 1.54) is 22.2 Å². The van der Waals surface area contributed by atoms with Crippen LogP contribution >= 0.6 is 0 Å². The van der Waals surface area contributed by atoms with Crippen LogP contribution in [-0.2, 0) is 4.79 Å². The van der Waals surface area contributed by atoms with E-state index in [4.69, 9.17) is 0 Å². The second kappa shape index (κ2) is 6.25. The van der Waals surface area contributed by atoms with Gasteiger partial charge in [0, 0.05) is 22.6 Å². The van der Waals surface area contributed by atoms with Gasteiger partial charge in [0.2, 0.25) is 5.91 Å². The predicted molar refractivity (Wildman–Crippen MR) is 97.2 cm³/mol. The van der Waals surface area contributed by atoms with Crippen LogP contribution in [0.1, 0.15) is 49.8 Å². The normalized spacial score (nSPS) is 21.1. The maximum atomic E-state index is 12.3. The molecule has 4 nitrogen and oxygen atoms in total. The van der Waals surface area contributed by atoms with Crippen LogP contribution in [0.3, 0.4) is 0 Å². The first-order chi connectivity index (χ1) is 11.6. The van der Waals surface area contributed by atoms with Crippen LogP contribution in [0.2, 0.25) is 0 Å². The minimum absolute atomic E-state index is 0.00406. The Morgan fingerprint density at radius 1 is 1.21 bits per heavy atom. The third-order valence-electron chi connectivity index (χ3n) is 5.73. The number of nitrogens with zero attached hydrogens (tertiary/aromatic N) is 1. The zero-order valence-electron chi connectivity index (χ0n) is 14.6. The van der Waals surface area contributed by atoms with Gasteiger partial charge in [-0.05, 0) is 70.2 Å². The Bertz CT molecular complexity index is 738. The average Bonchev–Trinajstić information content (AvgIpc) is 3.34. The van der Waals surface area contributed by atoms with Crippen molar-refractivity contribution in [3.63, 3.8) is 0 Å². The third kappa shape index (κ3) is 2.95. The highest BCUT2D eigenvalue weighted by Gasteiger charge is 2.31. The van der Waals surface area contributed by atoms with Gasteiger partial charge in [0.15, 0.2) is 0 Å². The molecule has 0 bridgehead atoms. The van der Waals surface area contributed by atoms with Gasteiger partial charge in [-0.25, -0.2) is 0 Å². The van der Waals surface area contributed by atoms with Crippen LogP contribution in [-0.4, -0.2) is 41.0 Å². The molecule has 1 aromatic heterocycles. The van der Waals surface area contributed by atoms with Crippen LogP contribution in [0.5, 0.6) is 0 Å². The maximum absolute atomic E-state index is 12.3. The van der Waals surface area contributed by atoms with Crippen molar-refractivity contribution in [1.29, 1.82) is 0 Å². The van der Waals surface area contributed by atoms with Crippen LogP contribution < -0.4 is 5.32 Å². The third-order valence-corrected chi connectivity index (χ3v) is 5.73. The summed E-state index contributed by atoms with van der Waals surface area (Å²) in [5.41, 5.74) is 4.03. The Morgan fingerprint density at radius 3 is 2.62 bits per heavy atom. The van der Waals surface area contributed by atoms with Gasteiger partial charge in [0.1, 0.15) is 0 Å². The number of benzene rings is 1. The minimum atomic E-state index is -0.00406. The Morgan fingerprint density at radius 2 is 1.92 bits per heavy atom. The van der Waals surface area contributed by atoms with Crippen molar-refractivity contribution in [2.45, 2.75) is 57.5 Å². The van der Waals surface area contributed by atoms with Crippen molar-refractivity contribution in [2.24, 2.45) is 0 Å². The van der Waals surface area contributed by atoms with Gasteiger partial charge in [-0.2, -0.15) is 0 Å². The van der Waals surface area contributed by atoms with Crippen LogP contribution in [0.25, 0.3) is 10.9 Å². The molecule has 1 saturated carbocycles. The lowest BCUT2D eigenvalue weighted by Gasteiger charge is -2.35. The van der Waals surface area contributed by atoms with E-state index in [-0.39, 0.29) is 11.9 Å². The number of fused-ring (bicyclic) bond motifs is 1. The van der Waals surface area contributed by atoms with E-state index in [0.717, 1.165) is 38.8 Å². The van der Waals surface area contributed by atoms with Gasteiger partial charge in [-0.15, -0.1) is 0 Å². The number of carbonyl (C=O) groups excluding carboxylic acids is 1. The van der Waals surface area contributed by atoms with Crippen molar-refractivity contribution in [1.82, 2.24) is 15.2 Å². The summed E-state index contributed by atoms with van der Waals surface area (Å²) in [6.07, 6.45) is 4.56. The molecule has 1 unspecified atom stereocenters. The highest BCUT2D eigenvalue weighted by atomic mass is 16.2. The molecule has 24 heavy (non-hydrogen) atoms. The van der Waals surface area contributed by atoms with E-state index in [2.05, 4.69) is 53.3 Å². The lowest BCUT2D eigenvalue weighted by atomic mass is 9.87. The molecule has 4 rings (SSSR count). The zero-order chi connectivity index (χ0) is 16.7. The van der Waals surface area contributed by atoms with Gasteiger partial charge in [-0.1, -0.05) is 18.2 Å². The number of nitrogens with one attached hydrogen (secondary N) is 2. The molecule has 2 fully saturated rings. The number of aromatic amines is 1. The zero-order valence-corrected chi connectivity index (χ0v) is 14.6. The van der Waals surface area contributed by atoms with Crippen LogP contribution in [0.15, 0.2) is 24.3 Å². The van der Waals surface area contributed by atoms with E-state index in [1.807, 2.05) is 0 Å². The number of H-pyrrole nitrogens is 1. The molecule has 0 radical (unpaired) electrons. The summed E-state index contributed by atoms with van der Waals surface area (Å²) in [7, 11) is 0. The number of rotatable bonds is 4. The Kier molecular flexibility index (Phi) is 4.09. The van der Waals surface area contributed by atoms with E-state index < -0.39 is 0 Å². The van der Waals surface area contributed by atoms with E-state index in [9.17, 15) is 4.79 Å². The summed E-state index contributed by atoms with van der Waals surface area (Å²) in [5, 5.41) is 4.51. The van der Waals surface area contributed by atoms with Gasteiger partial charge in [0.05, 0.1) is 6.04 Å². The van der Waals surface area contributed by atoms with Gasteiger partial charge in [-0.3, -0.25) is 9.69 Å². The largest absolute Gasteiger partial charge is 0.358 e. The quantitative estimate of drug-likeness (QED) is 0.906. The first-order valence-electron chi connectivity index (χ1n) is 9.25. The summed E-state index contributed by atoms with van der Waals surface area (Å²) >= 11 is 0. The van der Waals surface area contributed by atoms with Crippen LogP contribution in [0.4, 0.5) is 0 Å². The van der Waals surface area contributed by atoms with E-state index >= 15 is 0 Å². The topological polar surface area (TPSA) is 48.1 Å². The first-order valence-corrected chi connectivity index (χ1v) is 9.25. The van der Waals surface area contributed by atoms with Crippen LogP contribution in [0, 0.1) is 6.92 Å². The number of carbonyl (C=O) groups is 1. The van der Waals surface area contributed by atoms with Crippen molar-refractivity contribution in [3.8, 4) is 0 Å². The number of aromatic nitrogens is 1. The summed E-state index contributed by atoms with van der Waals surface area (Å²) in [6, 6.07) is 9.04. The highest BCUT2D eigenvalue weighted by Crippen LogP contribution is 2.36. The fourth-order valence-corrected chi connectivity index (χ4v) is 4.12. The van der Waals surface area contributed by atoms with Crippen molar-refractivity contribution >= 4 is 16.8 Å². The molecule has 0 spiro atoms. The summed E-state index contributed by atoms with van der Waals surface area (Å²) in [4.78, 5) is 18.1. The fraction of sp³-hybridized carbons (Fsp3) is 0.550. The van der Waals surface area contributed by atoms with Gasteiger partial charge < -0.3 is 10.3 Å². The van der Waals surface area contributed by atoms with Gasteiger partial charge >= 0.3 is 0 Å². The van der Waals surface area contributed by atoms with Crippen molar-refractivity contribution in [2.75, 3.05) is 13.1 Å². The number of para-hydroxylation sites is 1. The molecule has 1 atom stereocenters. The van der Waals surface area contributed by atoms with E-state index in [1.54, 1.807) is 0 Å². The van der Waals surface area contributed by atoms with Gasteiger partial charge in [0.25, 0.3) is 0 Å². The number of hydrogen-bond acceptors (Lipinski definition) is 2. The molecular formula is C20H27N3O. The maximum Gasteiger partial charge on any atom is 0.237 e. The number of amides is 1. The van der Waals surface area contributed by atoms with E-state index in [0.29, 0.717) is 12.0 Å². The van der Waals surface area contributed by atoms with Crippen molar-refractivity contribution in [3.05, 3.63) is 35.5 Å². The molecule has 1 saturated heterocycles. The molecule has 2 N–H and O–H groups in total. The highest BCUT2D eigenvalue weighted by molar-refractivity contribution is 5.85. The summed E-state index contributed by atoms with van der Waals surface area (Å²) in [5.74, 6) is 0.801. The molecule has 1 aromatic carbocycles. The fourth-order valence-electron chi connectivity index (χ4n) is 4.12. The molecule has 2 aliphatic rings. The minimum Gasteiger partial charge on any atom is -0.358 e. The predicted octanol–water partition coefficient (Wildman–Crippen LogP) is 3.32. The molecule has 2 aromatic rings. The molecule has 1 aliphatic heterocycles. The number of likely N-dealkylation sites (tertiary alicyclic amines) is 1.